The molecular weight excluding hydrogens is 234 g/mol. The summed E-state index contributed by atoms with van der Waals surface area (Å²) in [6, 6.07) is 0.768. The molecule has 1 saturated carbocycles. The highest BCUT2D eigenvalue weighted by Crippen LogP contribution is 2.51. The average molecular weight is 265 g/mol. The third kappa shape index (κ3) is 2.47. The monoisotopic (exact) mass is 265 g/mol. The van der Waals surface area contributed by atoms with Crippen LogP contribution in [0.25, 0.3) is 0 Å². The van der Waals surface area contributed by atoms with Crippen LogP contribution in [0, 0.1) is 5.92 Å². The Bertz CT molecular complexity index is 306. The zero-order valence-electron chi connectivity index (χ0n) is 12.6. The standard InChI is InChI=1S/C17H31NO/c1-2-3-7-15-9-8-14-6-4-5-11-17(14)12-10-16(19)13-18(15)17/h14-16,19H,2-13H2,1H3/t14-,15?,16?,17+/m1/s1. The number of rotatable bonds is 3. The molecule has 2 heteroatoms. The summed E-state index contributed by atoms with van der Waals surface area (Å²) >= 11 is 0. The lowest BCUT2D eigenvalue weighted by Crippen LogP contribution is -2.66. The molecule has 1 N–H and O–H groups in total. The first-order valence-corrected chi connectivity index (χ1v) is 8.71. The van der Waals surface area contributed by atoms with E-state index in [9.17, 15) is 5.11 Å². The summed E-state index contributed by atoms with van der Waals surface area (Å²) in [6.07, 6.45) is 14.9. The lowest BCUT2D eigenvalue weighted by Gasteiger charge is -2.61. The number of β-amino-alcohol motifs (C(OH)–C–C–N with tert-alkyl or cyclic N) is 1. The second kappa shape index (κ2) is 5.73. The first-order chi connectivity index (χ1) is 9.26. The second-order valence-electron chi connectivity index (χ2n) is 7.26. The molecule has 1 aliphatic carbocycles. The van der Waals surface area contributed by atoms with Crippen molar-refractivity contribution in [1.82, 2.24) is 4.90 Å². The van der Waals surface area contributed by atoms with Crippen LogP contribution < -0.4 is 0 Å². The smallest absolute Gasteiger partial charge is 0.0668 e. The van der Waals surface area contributed by atoms with E-state index in [0.29, 0.717) is 5.54 Å². The van der Waals surface area contributed by atoms with Gasteiger partial charge in [-0.05, 0) is 50.9 Å². The van der Waals surface area contributed by atoms with Gasteiger partial charge in [-0.25, -0.2) is 0 Å². The zero-order chi connectivity index (χ0) is 13.3. The number of unbranched alkanes of at least 4 members (excludes halogenated alkanes) is 1. The highest BCUT2D eigenvalue weighted by Gasteiger charge is 2.52. The summed E-state index contributed by atoms with van der Waals surface area (Å²) in [7, 11) is 0. The fourth-order valence-corrected chi connectivity index (χ4v) is 5.28. The topological polar surface area (TPSA) is 23.5 Å². The van der Waals surface area contributed by atoms with Crippen LogP contribution in [0.1, 0.15) is 77.6 Å². The Morgan fingerprint density at radius 3 is 2.84 bits per heavy atom. The van der Waals surface area contributed by atoms with Gasteiger partial charge in [-0.2, -0.15) is 0 Å². The fourth-order valence-electron chi connectivity index (χ4n) is 5.28. The highest BCUT2D eigenvalue weighted by molar-refractivity contribution is 5.07. The molecule has 3 rings (SSSR count). The number of aliphatic hydroxyl groups is 1. The van der Waals surface area contributed by atoms with E-state index in [-0.39, 0.29) is 6.10 Å². The number of nitrogens with zero attached hydrogens (tertiary/aromatic N) is 1. The van der Waals surface area contributed by atoms with E-state index >= 15 is 0 Å². The molecule has 0 bridgehead atoms. The Hall–Kier alpha value is -0.0800. The predicted molar refractivity (Wildman–Crippen MR) is 79.2 cm³/mol. The maximum Gasteiger partial charge on any atom is 0.0668 e. The second-order valence-corrected chi connectivity index (χ2v) is 7.26. The van der Waals surface area contributed by atoms with Gasteiger partial charge in [-0.15, -0.1) is 0 Å². The van der Waals surface area contributed by atoms with Crippen LogP contribution in [0.5, 0.6) is 0 Å². The van der Waals surface area contributed by atoms with Crippen LogP contribution in [0.2, 0.25) is 0 Å². The van der Waals surface area contributed by atoms with Gasteiger partial charge in [0, 0.05) is 18.1 Å². The van der Waals surface area contributed by atoms with Crippen molar-refractivity contribution in [3.8, 4) is 0 Å². The van der Waals surface area contributed by atoms with E-state index in [1.165, 1.54) is 64.2 Å². The first-order valence-electron chi connectivity index (χ1n) is 8.71. The van der Waals surface area contributed by atoms with Crippen LogP contribution in [-0.4, -0.2) is 34.2 Å². The third-order valence-corrected chi connectivity index (χ3v) is 6.24. The van der Waals surface area contributed by atoms with Crippen molar-refractivity contribution in [3.05, 3.63) is 0 Å². The zero-order valence-corrected chi connectivity index (χ0v) is 12.6. The summed E-state index contributed by atoms with van der Waals surface area (Å²) in [5.74, 6) is 0.937. The van der Waals surface area contributed by atoms with Gasteiger partial charge in [-0.3, -0.25) is 4.90 Å². The van der Waals surface area contributed by atoms with Gasteiger partial charge in [0.1, 0.15) is 0 Å². The van der Waals surface area contributed by atoms with Gasteiger partial charge in [-0.1, -0.05) is 32.6 Å². The Kier molecular flexibility index (Phi) is 4.19. The van der Waals surface area contributed by atoms with Crippen LogP contribution >= 0.6 is 0 Å². The van der Waals surface area contributed by atoms with Gasteiger partial charge in [0.15, 0.2) is 0 Å². The Morgan fingerprint density at radius 1 is 1.11 bits per heavy atom. The van der Waals surface area contributed by atoms with Crippen molar-refractivity contribution in [3.63, 3.8) is 0 Å². The average Bonchev–Trinajstić information content (AvgIpc) is 2.44. The fraction of sp³-hybridized carbons (Fsp3) is 1.00. The molecule has 1 spiro atoms. The summed E-state index contributed by atoms with van der Waals surface area (Å²) in [5.41, 5.74) is 0.494. The maximum absolute atomic E-state index is 10.1. The minimum Gasteiger partial charge on any atom is -0.392 e. The molecule has 0 amide bonds. The predicted octanol–water partition coefficient (Wildman–Crippen LogP) is 3.72. The first kappa shape index (κ1) is 13.9. The number of aliphatic hydroxyl groups excluding tert-OH is 1. The molecular formula is C17H31NO. The van der Waals surface area contributed by atoms with E-state index in [4.69, 9.17) is 0 Å². The Balaban J connectivity index is 1.80. The molecule has 2 unspecified atom stereocenters. The number of piperidine rings is 2. The van der Waals surface area contributed by atoms with Crippen molar-refractivity contribution >= 4 is 0 Å². The van der Waals surface area contributed by atoms with E-state index < -0.39 is 0 Å². The molecule has 0 aromatic rings. The van der Waals surface area contributed by atoms with Crippen molar-refractivity contribution in [2.75, 3.05) is 6.54 Å². The molecule has 19 heavy (non-hydrogen) atoms. The quantitative estimate of drug-likeness (QED) is 0.840. The van der Waals surface area contributed by atoms with Gasteiger partial charge in [0.05, 0.1) is 6.10 Å². The summed E-state index contributed by atoms with van der Waals surface area (Å²) in [5, 5.41) is 10.1. The van der Waals surface area contributed by atoms with Gasteiger partial charge in [0.2, 0.25) is 0 Å². The minimum absolute atomic E-state index is 0.0598. The SMILES string of the molecule is CCCCC1CC[C@H]2CCCC[C@]23CCC(O)CN13. The molecule has 2 nitrogen and oxygen atoms in total. The highest BCUT2D eigenvalue weighted by atomic mass is 16.3. The normalized spacial score (nSPS) is 43.6. The molecule has 4 atom stereocenters. The lowest BCUT2D eigenvalue weighted by molar-refractivity contribution is -0.123. The van der Waals surface area contributed by atoms with Gasteiger partial charge < -0.3 is 5.11 Å². The number of hydrogen-bond acceptors (Lipinski definition) is 2. The maximum atomic E-state index is 10.1. The summed E-state index contributed by atoms with van der Waals surface area (Å²) in [4.78, 5) is 2.80. The van der Waals surface area contributed by atoms with Crippen molar-refractivity contribution in [1.29, 1.82) is 0 Å². The molecule has 0 aromatic heterocycles. The van der Waals surface area contributed by atoms with Gasteiger partial charge in [0.25, 0.3) is 0 Å². The molecule has 110 valence electrons. The van der Waals surface area contributed by atoms with Crippen LogP contribution in [0.3, 0.4) is 0 Å². The Morgan fingerprint density at radius 2 is 2.00 bits per heavy atom. The van der Waals surface area contributed by atoms with Crippen molar-refractivity contribution in [2.45, 2.75) is 95.2 Å². The largest absolute Gasteiger partial charge is 0.392 e. The van der Waals surface area contributed by atoms with Gasteiger partial charge >= 0.3 is 0 Å². The van der Waals surface area contributed by atoms with E-state index in [0.717, 1.165) is 24.9 Å². The molecule has 2 saturated heterocycles. The third-order valence-electron chi connectivity index (χ3n) is 6.24. The van der Waals surface area contributed by atoms with E-state index in [1.807, 2.05) is 0 Å². The van der Waals surface area contributed by atoms with Crippen LogP contribution in [0.4, 0.5) is 0 Å². The van der Waals surface area contributed by atoms with Crippen LogP contribution in [-0.2, 0) is 0 Å². The van der Waals surface area contributed by atoms with Crippen molar-refractivity contribution < 1.29 is 5.11 Å². The van der Waals surface area contributed by atoms with Crippen molar-refractivity contribution in [2.24, 2.45) is 5.92 Å². The van der Waals surface area contributed by atoms with E-state index in [2.05, 4.69) is 11.8 Å². The molecule has 2 aliphatic heterocycles. The van der Waals surface area contributed by atoms with Crippen LogP contribution in [0.15, 0.2) is 0 Å². The molecule has 2 heterocycles. The molecule has 3 aliphatic rings. The molecule has 3 fully saturated rings. The number of hydrogen-bond donors (Lipinski definition) is 1. The summed E-state index contributed by atoms with van der Waals surface area (Å²) in [6.45, 7) is 3.26. The Labute approximate surface area is 118 Å². The minimum atomic E-state index is -0.0598. The molecule has 0 radical (unpaired) electrons. The molecule has 0 aromatic carbocycles. The van der Waals surface area contributed by atoms with E-state index in [1.54, 1.807) is 0 Å². The summed E-state index contributed by atoms with van der Waals surface area (Å²) < 4.78 is 0. The lowest BCUT2D eigenvalue weighted by atomic mass is 9.62.